The van der Waals surface area contributed by atoms with E-state index < -0.39 is 5.97 Å². The van der Waals surface area contributed by atoms with Gasteiger partial charge in [0, 0.05) is 12.0 Å². The SMILES string of the molecule is CCO/N=C(\CCC(=O)O)c1ccc(Cl)c(Cl)c1. The predicted octanol–water partition coefficient (Wildman–Crippen LogP) is 3.60. The summed E-state index contributed by atoms with van der Waals surface area (Å²) in [5.74, 6) is -0.890. The Morgan fingerprint density at radius 3 is 2.61 bits per heavy atom. The van der Waals surface area contributed by atoms with Crippen molar-refractivity contribution >= 4 is 34.9 Å². The quantitative estimate of drug-likeness (QED) is 0.643. The maximum Gasteiger partial charge on any atom is 0.303 e. The van der Waals surface area contributed by atoms with E-state index in [2.05, 4.69) is 5.16 Å². The van der Waals surface area contributed by atoms with Crippen molar-refractivity contribution in [2.24, 2.45) is 5.16 Å². The minimum absolute atomic E-state index is 0.0217. The van der Waals surface area contributed by atoms with E-state index in [-0.39, 0.29) is 12.8 Å². The largest absolute Gasteiger partial charge is 0.481 e. The number of benzene rings is 1. The molecular weight excluding hydrogens is 277 g/mol. The first kappa shape index (κ1) is 14.8. The summed E-state index contributed by atoms with van der Waals surface area (Å²) in [5.41, 5.74) is 1.25. The van der Waals surface area contributed by atoms with Crippen molar-refractivity contribution in [3.8, 4) is 0 Å². The van der Waals surface area contributed by atoms with Crippen molar-refractivity contribution in [2.75, 3.05) is 6.61 Å². The number of nitrogens with zero attached hydrogens (tertiary/aromatic N) is 1. The minimum atomic E-state index is -0.890. The molecule has 18 heavy (non-hydrogen) atoms. The Morgan fingerprint density at radius 1 is 1.33 bits per heavy atom. The monoisotopic (exact) mass is 289 g/mol. The highest BCUT2D eigenvalue weighted by molar-refractivity contribution is 6.42. The van der Waals surface area contributed by atoms with Crippen molar-refractivity contribution in [2.45, 2.75) is 19.8 Å². The molecule has 1 aromatic rings. The molecule has 0 saturated carbocycles. The van der Waals surface area contributed by atoms with Gasteiger partial charge >= 0.3 is 5.97 Å². The molecule has 0 atom stereocenters. The molecule has 0 aromatic heterocycles. The average molecular weight is 290 g/mol. The molecule has 98 valence electrons. The summed E-state index contributed by atoms with van der Waals surface area (Å²) in [4.78, 5) is 15.6. The van der Waals surface area contributed by atoms with Crippen molar-refractivity contribution in [3.63, 3.8) is 0 Å². The van der Waals surface area contributed by atoms with Crippen molar-refractivity contribution < 1.29 is 14.7 Å². The Kier molecular flexibility index (Phi) is 5.95. The van der Waals surface area contributed by atoms with Crippen LogP contribution in [-0.4, -0.2) is 23.4 Å². The van der Waals surface area contributed by atoms with Crippen LogP contribution in [0.1, 0.15) is 25.3 Å². The first-order valence-corrected chi connectivity index (χ1v) is 6.16. The summed E-state index contributed by atoms with van der Waals surface area (Å²) in [5, 5.41) is 13.4. The minimum Gasteiger partial charge on any atom is -0.481 e. The third-order valence-electron chi connectivity index (χ3n) is 2.13. The lowest BCUT2D eigenvalue weighted by molar-refractivity contribution is -0.136. The van der Waals surface area contributed by atoms with Crippen molar-refractivity contribution in [1.82, 2.24) is 0 Å². The van der Waals surface area contributed by atoms with E-state index in [1.165, 1.54) is 0 Å². The molecule has 0 aliphatic rings. The fourth-order valence-corrected chi connectivity index (χ4v) is 1.58. The summed E-state index contributed by atoms with van der Waals surface area (Å²) in [7, 11) is 0. The topological polar surface area (TPSA) is 58.9 Å². The zero-order chi connectivity index (χ0) is 13.5. The molecule has 0 radical (unpaired) electrons. The Labute approximate surface area is 115 Å². The molecule has 0 aliphatic carbocycles. The highest BCUT2D eigenvalue weighted by atomic mass is 35.5. The molecule has 0 unspecified atom stereocenters. The van der Waals surface area contributed by atoms with E-state index in [9.17, 15) is 4.79 Å². The van der Waals surface area contributed by atoms with Gasteiger partial charge in [0.1, 0.15) is 6.61 Å². The van der Waals surface area contributed by atoms with Gasteiger partial charge in [0.25, 0.3) is 0 Å². The molecule has 0 fully saturated rings. The van der Waals surface area contributed by atoms with E-state index in [1.54, 1.807) is 25.1 Å². The van der Waals surface area contributed by atoms with Gasteiger partial charge in [-0.1, -0.05) is 34.4 Å². The number of aliphatic carboxylic acids is 1. The predicted molar refractivity (Wildman–Crippen MR) is 71.5 cm³/mol. The van der Waals surface area contributed by atoms with Gasteiger partial charge < -0.3 is 9.94 Å². The fourth-order valence-electron chi connectivity index (χ4n) is 1.29. The molecular formula is C12H13Cl2NO3. The van der Waals surface area contributed by atoms with Gasteiger partial charge in [-0.15, -0.1) is 0 Å². The van der Waals surface area contributed by atoms with Gasteiger partial charge in [-0.25, -0.2) is 0 Å². The molecule has 1 N–H and O–H groups in total. The molecule has 0 bridgehead atoms. The molecule has 0 heterocycles. The van der Waals surface area contributed by atoms with Gasteiger partial charge in [-0.3, -0.25) is 4.79 Å². The number of carboxylic acid groups (broad SMARTS) is 1. The first-order chi connectivity index (χ1) is 8.54. The number of halogens is 2. The van der Waals surface area contributed by atoms with E-state index in [4.69, 9.17) is 33.1 Å². The summed E-state index contributed by atoms with van der Waals surface area (Å²) in [6.07, 6.45) is 0.249. The molecule has 1 rings (SSSR count). The van der Waals surface area contributed by atoms with Crippen LogP contribution < -0.4 is 0 Å². The third-order valence-corrected chi connectivity index (χ3v) is 2.87. The first-order valence-electron chi connectivity index (χ1n) is 5.40. The number of hydrogen-bond donors (Lipinski definition) is 1. The van der Waals surface area contributed by atoms with Gasteiger partial charge in [0.15, 0.2) is 0 Å². The van der Waals surface area contributed by atoms with Crippen LogP contribution in [0.5, 0.6) is 0 Å². The van der Waals surface area contributed by atoms with Crippen LogP contribution >= 0.6 is 23.2 Å². The second kappa shape index (κ2) is 7.24. The van der Waals surface area contributed by atoms with Crippen LogP contribution in [0.4, 0.5) is 0 Å². The maximum absolute atomic E-state index is 10.6. The van der Waals surface area contributed by atoms with E-state index >= 15 is 0 Å². The Balaban J connectivity index is 2.93. The van der Waals surface area contributed by atoms with Crippen LogP contribution in [0.15, 0.2) is 23.4 Å². The highest BCUT2D eigenvalue weighted by Crippen LogP contribution is 2.23. The lowest BCUT2D eigenvalue weighted by Crippen LogP contribution is -2.06. The fraction of sp³-hybridized carbons (Fsp3) is 0.333. The summed E-state index contributed by atoms with van der Waals surface area (Å²) in [6, 6.07) is 5.01. The molecule has 6 heteroatoms. The Bertz CT molecular complexity index is 461. The van der Waals surface area contributed by atoms with Crippen LogP contribution in [0.3, 0.4) is 0 Å². The lowest BCUT2D eigenvalue weighted by atomic mass is 10.1. The van der Waals surface area contributed by atoms with E-state index in [0.717, 1.165) is 0 Å². The Hall–Kier alpha value is -1.26. The van der Waals surface area contributed by atoms with Crippen molar-refractivity contribution in [1.29, 1.82) is 0 Å². The molecule has 0 aliphatic heterocycles. The van der Waals surface area contributed by atoms with Gasteiger partial charge in [-0.05, 0) is 19.1 Å². The van der Waals surface area contributed by atoms with E-state index in [1.807, 2.05) is 0 Å². The normalized spacial score (nSPS) is 11.4. The third kappa shape index (κ3) is 4.55. The Morgan fingerprint density at radius 2 is 2.06 bits per heavy atom. The van der Waals surface area contributed by atoms with Crippen LogP contribution in [0.2, 0.25) is 10.0 Å². The lowest BCUT2D eigenvalue weighted by Gasteiger charge is -2.06. The number of oxime groups is 1. The summed E-state index contributed by atoms with van der Waals surface area (Å²) in [6.45, 7) is 2.21. The number of hydrogen-bond acceptors (Lipinski definition) is 3. The molecule has 4 nitrogen and oxygen atoms in total. The zero-order valence-electron chi connectivity index (χ0n) is 9.82. The smallest absolute Gasteiger partial charge is 0.303 e. The maximum atomic E-state index is 10.6. The molecule has 0 spiro atoms. The second-order valence-electron chi connectivity index (χ2n) is 3.48. The second-order valence-corrected chi connectivity index (χ2v) is 4.29. The van der Waals surface area contributed by atoms with Crippen LogP contribution in [0, 0.1) is 0 Å². The van der Waals surface area contributed by atoms with Gasteiger partial charge in [0.05, 0.1) is 22.2 Å². The van der Waals surface area contributed by atoms with Crippen LogP contribution in [-0.2, 0) is 9.63 Å². The molecule has 0 amide bonds. The van der Waals surface area contributed by atoms with Gasteiger partial charge in [-0.2, -0.15) is 0 Å². The molecule has 0 saturated heterocycles. The number of rotatable bonds is 6. The van der Waals surface area contributed by atoms with E-state index in [0.29, 0.717) is 27.9 Å². The van der Waals surface area contributed by atoms with Crippen molar-refractivity contribution in [3.05, 3.63) is 33.8 Å². The number of carbonyl (C=O) groups is 1. The standard InChI is InChI=1S/C12H13Cl2NO3/c1-2-18-15-11(5-6-12(16)17)8-3-4-9(13)10(14)7-8/h3-4,7H,2,5-6H2,1H3,(H,16,17)/b15-11+. The van der Waals surface area contributed by atoms with Gasteiger partial charge in [0.2, 0.25) is 0 Å². The summed E-state index contributed by atoms with van der Waals surface area (Å²) >= 11 is 11.7. The van der Waals surface area contributed by atoms with Crippen LogP contribution in [0.25, 0.3) is 0 Å². The zero-order valence-corrected chi connectivity index (χ0v) is 11.3. The average Bonchev–Trinajstić information content (AvgIpc) is 2.33. The molecule has 1 aromatic carbocycles. The summed E-state index contributed by atoms with van der Waals surface area (Å²) < 4.78 is 0. The number of carboxylic acids is 1. The highest BCUT2D eigenvalue weighted by Gasteiger charge is 2.09.